The highest BCUT2D eigenvalue weighted by Gasteiger charge is 2.06. The lowest BCUT2D eigenvalue weighted by Gasteiger charge is -2.21. The number of nitrogens with one attached hydrogen (secondary N) is 1. The van der Waals surface area contributed by atoms with Crippen LogP contribution in [0.2, 0.25) is 0 Å². The molecule has 0 saturated heterocycles. The molecule has 0 aliphatic rings. The molecule has 1 aromatic carbocycles. The van der Waals surface area contributed by atoms with E-state index in [9.17, 15) is 4.79 Å². The Morgan fingerprint density at radius 3 is 2.17 bits per heavy atom. The first-order valence-corrected chi connectivity index (χ1v) is 6.70. The molecule has 0 heterocycles. The highest BCUT2D eigenvalue weighted by molar-refractivity contribution is 5.77. The number of nitrogens with zero attached hydrogens (tertiary/aromatic N) is 1. The molecule has 0 unspecified atom stereocenters. The van der Waals surface area contributed by atoms with E-state index in [0.29, 0.717) is 6.54 Å². The second kappa shape index (κ2) is 7.04. The summed E-state index contributed by atoms with van der Waals surface area (Å²) >= 11 is 0. The second-order valence-electron chi connectivity index (χ2n) is 4.71. The van der Waals surface area contributed by atoms with Gasteiger partial charge in [0.15, 0.2) is 0 Å². The van der Waals surface area contributed by atoms with Crippen molar-refractivity contribution in [3.05, 3.63) is 29.8 Å². The van der Waals surface area contributed by atoms with Crippen LogP contribution in [0.1, 0.15) is 33.3 Å². The Hall–Kier alpha value is -1.51. The topological polar surface area (TPSA) is 32.3 Å². The van der Waals surface area contributed by atoms with Gasteiger partial charge in [0, 0.05) is 31.2 Å². The number of hydrogen-bond donors (Lipinski definition) is 1. The molecule has 0 bridgehead atoms. The Labute approximate surface area is 110 Å². The van der Waals surface area contributed by atoms with Gasteiger partial charge in [0.25, 0.3) is 0 Å². The predicted octanol–water partition coefficient (Wildman–Crippen LogP) is 2.81. The molecule has 1 aromatic rings. The normalized spacial score (nSPS) is 10.5. The van der Waals surface area contributed by atoms with Crippen molar-refractivity contribution >= 4 is 11.6 Å². The van der Waals surface area contributed by atoms with Gasteiger partial charge in [0.2, 0.25) is 5.91 Å². The third kappa shape index (κ3) is 4.06. The van der Waals surface area contributed by atoms with Gasteiger partial charge < -0.3 is 10.2 Å². The smallest absolute Gasteiger partial charge is 0.222 e. The van der Waals surface area contributed by atoms with Crippen LogP contribution in [0.15, 0.2) is 24.3 Å². The highest BCUT2D eigenvalue weighted by atomic mass is 16.1. The van der Waals surface area contributed by atoms with E-state index >= 15 is 0 Å². The van der Waals surface area contributed by atoms with Crippen LogP contribution < -0.4 is 10.2 Å². The van der Waals surface area contributed by atoms with Gasteiger partial charge in [-0.15, -0.1) is 0 Å². The summed E-state index contributed by atoms with van der Waals surface area (Å²) in [6.45, 7) is 10.7. The molecule has 0 radical (unpaired) electrons. The molecule has 0 aromatic heterocycles. The summed E-state index contributed by atoms with van der Waals surface area (Å²) in [5.74, 6) is 0.141. The maximum Gasteiger partial charge on any atom is 0.222 e. The molecule has 0 aliphatic heterocycles. The van der Waals surface area contributed by atoms with Crippen LogP contribution in [0.5, 0.6) is 0 Å². The Balaban J connectivity index is 2.58. The molecule has 100 valence electrons. The number of benzene rings is 1. The van der Waals surface area contributed by atoms with Crippen molar-refractivity contribution in [2.75, 3.05) is 18.0 Å². The lowest BCUT2D eigenvalue weighted by atomic mass is 10.1. The van der Waals surface area contributed by atoms with Crippen LogP contribution in [-0.4, -0.2) is 19.0 Å². The molecule has 0 spiro atoms. The Morgan fingerprint density at radius 2 is 1.72 bits per heavy atom. The summed E-state index contributed by atoms with van der Waals surface area (Å²) < 4.78 is 0. The van der Waals surface area contributed by atoms with E-state index in [4.69, 9.17) is 0 Å². The molecule has 3 heteroatoms. The van der Waals surface area contributed by atoms with E-state index in [-0.39, 0.29) is 11.8 Å². The molecule has 1 N–H and O–H groups in total. The van der Waals surface area contributed by atoms with Gasteiger partial charge in [-0.1, -0.05) is 26.0 Å². The van der Waals surface area contributed by atoms with Crippen LogP contribution in [0, 0.1) is 5.92 Å². The highest BCUT2D eigenvalue weighted by Crippen LogP contribution is 2.14. The van der Waals surface area contributed by atoms with Crippen molar-refractivity contribution in [1.82, 2.24) is 5.32 Å². The fraction of sp³-hybridized carbons (Fsp3) is 0.533. The molecule has 3 nitrogen and oxygen atoms in total. The summed E-state index contributed by atoms with van der Waals surface area (Å²) in [5.41, 5.74) is 2.37. The maximum atomic E-state index is 11.5. The van der Waals surface area contributed by atoms with Crippen molar-refractivity contribution in [3.8, 4) is 0 Å². The van der Waals surface area contributed by atoms with E-state index < -0.39 is 0 Å². The first-order valence-electron chi connectivity index (χ1n) is 6.70. The first kappa shape index (κ1) is 14.6. The third-order valence-electron chi connectivity index (χ3n) is 3.06. The number of amides is 1. The Kier molecular flexibility index (Phi) is 5.69. The molecule has 0 saturated carbocycles. The lowest BCUT2D eigenvalue weighted by Crippen LogP contribution is -2.27. The number of hydrogen-bond acceptors (Lipinski definition) is 2. The van der Waals surface area contributed by atoms with Crippen LogP contribution >= 0.6 is 0 Å². The van der Waals surface area contributed by atoms with Crippen molar-refractivity contribution in [1.29, 1.82) is 0 Å². The summed E-state index contributed by atoms with van der Waals surface area (Å²) in [7, 11) is 0. The van der Waals surface area contributed by atoms with E-state index in [2.05, 4.69) is 48.3 Å². The van der Waals surface area contributed by atoms with Gasteiger partial charge >= 0.3 is 0 Å². The van der Waals surface area contributed by atoms with Crippen LogP contribution in [0.25, 0.3) is 0 Å². The van der Waals surface area contributed by atoms with Gasteiger partial charge in [-0.05, 0) is 31.5 Å². The van der Waals surface area contributed by atoms with Gasteiger partial charge in [0.05, 0.1) is 0 Å². The third-order valence-corrected chi connectivity index (χ3v) is 3.06. The van der Waals surface area contributed by atoms with Crippen LogP contribution in [0.3, 0.4) is 0 Å². The standard InChI is InChI=1S/C15H24N2O/c1-5-17(6-2)14-9-7-13(8-10-14)11-16-15(18)12(3)4/h7-10,12H,5-6,11H2,1-4H3,(H,16,18). The van der Waals surface area contributed by atoms with Crippen molar-refractivity contribution in [2.24, 2.45) is 5.92 Å². The number of anilines is 1. The molecular weight excluding hydrogens is 224 g/mol. The fourth-order valence-corrected chi connectivity index (χ4v) is 1.81. The zero-order chi connectivity index (χ0) is 13.5. The number of rotatable bonds is 6. The number of carbonyl (C=O) groups excluding carboxylic acids is 1. The molecule has 0 aliphatic carbocycles. The fourth-order valence-electron chi connectivity index (χ4n) is 1.81. The van der Waals surface area contributed by atoms with E-state index in [1.54, 1.807) is 0 Å². The van der Waals surface area contributed by atoms with Crippen LogP contribution in [-0.2, 0) is 11.3 Å². The van der Waals surface area contributed by atoms with E-state index in [0.717, 1.165) is 18.7 Å². The minimum Gasteiger partial charge on any atom is -0.372 e. The largest absolute Gasteiger partial charge is 0.372 e. The zero-order valence-corrected chi connectivity index (χ0v) is 11.9. The Bertz CT molecular complexity index is 367. The summed E-state index contributed by atoms with van der Waals surface area (Å²) in [5, 5.41) is 2.92. The van der Waals surface area contributed by atoms with Crippen molar-refractivity contribution in [3.63, 3.8) is 0 Å². The van der Waals surface area contributed by atoms with Gasteiger partial charge in [0.1, 0.15) is 0 Å². The molecular formula is C15H24N2O. The summed E-state index contributed by atoms with van der Waals surface area (Å²) in [6.07, 6.45) is 0. The van der Waals surface area contributed by atoms with Gasteiger partial charge in [-0.3, -0.25) is 4.79 Å². The number of carbonyl (C=O) groups is 1. The molecule has 1 amide bonds. The molecule has 0 fully saturated rings. The zero-order valence-electron chi connectivity index (χ0n) is 11.9. The van der Waals surface area contributed by atoms with Gasteiger partial charge in [-0.25, -0.2) is 0 Å². The average molecular weight is 248 g/mol. The SMILES string of the molecule is CCN(CC)c1ccc(CNC(=O)C(C)C)cc1. The lowest BCUT2D eigenvalue weighted by molar-refractivity contribution is -0.124. The minimum absolute atomic E-state index is 0.0416. The monoisotopic (exact) mass is 248 g/mol. The van der Waals surface area contributed by atoms with Crippen LogP contribution in [0.4, 0.5) is 5.69 Å². The van der Waals surface area contributed by atoms with Crippen molar-refractivity contribution < 1.29 is 4.79 Å². The minimum atomic E-state index is 0.0416. The molecule has 18 heavy (non-hydrogen) atoms. The predicted molar refractivity (Wildman–Crippen MR) is 76.7 cm³/mol. The average Bonchev–Trinajstić information content (AvgIpc) is 2.38. The van der Waals surface area contributed by atoms with E-state index in [1.807, 2.05) is 13.8 Å². The maximum absolute atomic E-state index is 11.5. The second-order valence-corrected chi connectivity index (χ2v) is 4.71. The van der Waals surface area contributed by atoms with Crippen molar-refractivity contribution in [2.45, 2.75) is 34.2 Å². The van der Waals surface area contributed by atoms with E-state index in [1.165, 1.54) is 5.69 Å². The quantitative estimate of drug-likeness (QED) is 0.839. The Morgan fingerprint density at radius 1 is 1.17 bits per heavy atom. The molecule has 0 atom stereocenters. The first-order chi connectivity index (χ1) is 8.58. The summed E-state index contributed by atoms with van der Waals surface area (Å²) in [4.78, 5) is 13.8. The van der Waals surface area contributed by atoms with Gasteiger partial charge in [-0.2, -0.15) is 0 Å². The summed E-state index contributed by atoms with van der Waals surface area (Å²) in [6, 6.07) is 8.39. The molecule has 1 rings (SSSR count).